The van der Waals surface area contributed by atoms with Gasteiger partial charge in [0.1, 0.15) is 19.0 Å². The molecule has 2 nitrogen and oxygen atoms in total. The average Bonchev–Trinajstić information content (AvgIpc) is 3.51. The van der Waals surface area contributed by atoms with E-state index in [-0.39, 0.29) is 0 Å². The summed E-state index contributed by atoms with van der Waals surface area (Å²) in [6.07, 6.45) is 0. The number of thiophene rings is 1. The fourth-order valence-electron chi connectivity index (χ4n) is 5.63. The number of rotatable bonds is 3. The van der Waals surface area contributed by atoms with Gasteiger partial charge in [-0.05, 0) is 53.9 Å². The SMILES string of the molecule is [B]c1cc(N(c2ccc3c(c2)oc2ccccc23)c2ccc3sc4ccccc4c3c2)c2ccccc2c1. The third-order valence-electron chi connectivity index (χ3n) is 7.34. The molecule has 0 atom stereocenters. The van der Waals surface area contributed by atoms with Gasteiger partial charge in [-0.15, -0.1) is 11.3 Å². The molecule has 8 rings (SSSR count). The zero-order valence-corrected chi connectivity index (χ0v) is 21.2. The Labute approximate surface area is 224 Å². The topological polar surface area (TPSA) is 16.4 Å². The van der Waals surface area contributed by atoms with E-state index in [2.05, 4.69) is 108 Å². The minimum Gasteiger partial charge on any atom is -0.456 e. The average molecular weight is 501 g/mol. The lowest BCUT2D eigenvalue weighted by atomic mass is 9.91. The summed E-state index contributed by atoms with van der Waals surface area (Å²) in [6.45, 7) is 0. The van der Waals surface area contributed by atoms with Crippen molar-refractivity contribution in [3.8, 4) is 0 Å². The number of nitrogens with zero attached hydrogens (tertiary/aromatic N) is 1. The summed E-state index contributed by atoms with van der Waals surface area (Å²) >= 11 is 1.83. The fourth-order valence-corrected chi connectivity index (χ4v) is 6.72. The monoisotopic (exact) mass is 501 g/mol. The van der Waals surface area contributed by atoms with Crippen LogP contribution in [0.5, 0.6) is 0 Å². The second kappa shape index (κ2) is 8.24. The van der Waals surface area contributed by atoms with Gasteiger partial charge in [-0.25, -0.2) is 0 Å². The van der Waals surface area contributed by atoms with Gasteiger partial charge in [-0.3, -0.25) is 0 Å². The van der Waals surface area contributed by atoms with E-state index in [0.29, 0.717) is 0 Å². The van der Waals surface area contributed by atoms with E-state index >= 15 is 0 Å². The van der Waals surface area contributed by atoms with E-state index in [4.69, 9.17) is 12.3 Å². The number of para-hydroxylation sites is 1. The van der Waals surface area contributed by atoms with Crippen molar-refractivity contribution in [2.24, 2.45) is 0 Å². The molecule has 0 saturated carbocycles. The molecule has 2 radical (unpaired) electrons. The van der Waals surface area contributed by atoms with Crippen LogP contribution in [-0.2, 0) is 0 Å². The molecule has 4 heteroatoms. The zero-order valence-electron chi connectivity index (χ0n) is 20.4. The zero-order chi connectivity index (χ0) is 25.2. The normalized spacial score (nSPS) is 11.8. The van der Waals surface area contributed by atoms with Gasteiger partial charge < -0.3 is 9.32 Å². The van der Waals surface area contributed by atoms with Crippen LogP contribution in [0.4, 0.5) is 17.1 Å². The lowest BCUT2D eigenvalue weighted by molar-refractivity contribution is 0.669. The Balaban J connectivity index is 1.43. The van der Waals surface area contributed by atoms with Crippen LogP contribution in [0.25, 0.3) is 52.9 Å². The minimum atomic E-state index is 0.732. The predicted octanol–water partition coefficient (Wildman–Crippen LogP) is 9.37. The molecule has 176 valence electrons. The Morgan fingerprint density at radius 2 is 1.21 bits per heavy atom. The maximum absolute atomic E-state index is 6.47. The maximum Gasteiger partial charge on any atom is 0.137 e. The molecule has 0 spiro atoms. The Morgan fingerprint density at radius 1 is 0.526 bits per heavy atom. The second-order valence-corrected chi connectivity index (χ2v) is 10.7. The molecule has 0 amide bonds. The van der Waals surface area contributed by atoms with Gasteiger partial charge in [0.15, 0.2) is 0 Å². The van der Waals surface area contributed by atoms with Crippen molar-refractivity contribution in [3.05, 3.63) is 121 Å². The van der Waals surface area contributed by atoms with Gasteiger partial charge in [0.25, 0.3) is 0 Å². The van der Waals surface area contributed by atoms with Crippen molar-refractivity contribution >= 4 is 94.6 Å². The molecular formula is C34H20BNOS. The lowest BCUT2D eigenvalue weighted by Crippen LogP contribution is -2.13. The van der Waals surface area contributed by atoms with Crippen LogP contribution in [0.3, 0.4) is 0 Å². The van der Waals surface area contributed by atoms with Crippen LogP contribution >= 0.6 is 11.3 Å². The highest BCUT2D eigenvalue weighted by atomic mass is 32.1. The number of hydrogen-bond donors (Lipinski definition) is 0. The molecule has 0 aliphatic heterocycles. The van der Waals surface area contributed by atoms with Crippen molar-refractivity contribution in [1.82, 2.24) is 0 Å². The lowest BCUT2D eigenvalue weighted by Gasteiger charge is -2.27. The van der Waals surface area contributed by atoms with Crippen molar-refractivity contribution in [2.75, 3.05) is 4.90 Å². The molecule has 0 aliphatic carbocycles. The Hall–Kier alpha value is -4.54. The summed E-state index contributed by atoms with van der Waals surface area (Å²) < 4.78 is 8.87. The molecule has 0 bridgehead atoms. The third kappa shape index (κ3) is 3.27. The van der Waals surface area contributed by atoms with E-state index < -0.39 is 0 Å². The van der Waals surface area contributed by atoms with Gasteiger partial charge >= 0.3 is 0 Å². The highest BCUT2D eigenvalue weighted by Gasteiger charge is 2.19. The van der Waals surface area contributed by atoms with Gasteiger partial charge in [0.2, 0.25) is 0 Å². The maximum atomic E-state index is 6.47. The number of fused-ring (bicyclic) bond motifs is 7. The smallest absolute Gasteiger partial charge is 0.137 e. The first-order valence-electron chi connectivity index (χ1n) is 12.6. The van der Waals surface area contributed by atoms with Crippen LogP contribution in [0, 0.1) is 0 Å². The predicted molar refractivity (Wildman–Crippen MR) is 164 cm³/mol. The first-order chi connectivity index (χ1) is 18.7. The largest absolute Gasteiger partial charge is 0.456 e. The van der Waals surface area contributed by atoms with Crippen LogP contribution in [0.1, 0.15) is 0 Å². The van der Waals surface area contributed by atoms with E-state index in [1.807, 2.05) is 29.5 Å². The number of hydrogen-bond acceptors (Lipinski definition) is 3. The van der Waals surface area contributed by atoms with Gasteiger partial charge in [0.05, 0.1) is 5.69 Å². The van der Waals surface area contributed by atoms with E-state index in [0.717, 1.165) is 55.2 Å². The van der Waals surface area contributed by atoms with Crippen LogP contribution in [0.2, 0.25) is 0 Å². The molecule has 6 aromatic carbocycles. The number of furan rings is 1. The molecule has 0 saturated heterocycles. The molecule has 0 N–H and O–H groups in total. The fraction of sp³-hybridized carbons (Fsp3) is 0. The third-order valence-corrected chi connectivity index (χ3v) is 8.49. The first-order valence-corrected chi connectivity index (χ1v) is 13.5. The Bertz CT molecular complexity index is 2170. The molecule has 8 aromatic rings. The van der Waals surface area contributed by atoms with E-state index in [9.17, 15) is 0 Å². The molecule has 2 heterocycles. The molecular weight excluding hydrogens is 481 g/mol. The standard InChI is InChI=1S/C34H20BNOS/c35-22-17-21-7-1-2-8-25(21)30(18-22)36(23-14-16-34-29(19-23)28-10-4-6-12-33(28)38-34)24-13-15-27-26-9-3-5-11-31(26)37-32(27)20-24/h1-20H. The summed E-state index contributed by atoms with van der Waals surface area (Å²) in [7, 11) is 6.47. The Morgan fingerprint density at radius 3 is 2.13 bits per heavy atom. The summed E-state index contributed by atoms with van der Waals surface area (Å²) in [5, 5.41) is 7.02. The first kappa shape index (κ1) is 21.5. The van der Waals surface area contributed by atoms with Gasteiger partial charge in [0, 0.05) is 53.8 Å². The summed E-state index contributed by atoms with van der Waals surface area (Å²) in [5.74, 6) is 0. The number of benzene rings is 6. The van der Waals surface area contributed by atoms with Crippen LogP contribution in [-0.4, -0.2) is 7.85 Å². The van der Waals surface area contributed by atoms with Crippen LogP contribution < -0.4 is 10.4 Å². The van der Waals surface area contributed by atoms with Gasteiger partial charge in [-0.2, -0.15) is 0 Å². The van der Waals surface area contributed by atoms with Crippen molar-refractivity contribution in [2.45, 2.75) is 0 Å². The quantitative estimate of drug-likeness (QED) is 0.224. The molecule has 0 fully saturated rings. The summed E-state index contributed by atoms with van der Waals surface area (Å²) in [5.41, 5.74) is 5.62. The molecule has 38 heavy (non-hydrogen) atoms. The second-order valence-electron chi connectivity index (χ2n) is 9.65. The molecule has 2 aromatic heterocycles. The summed E-state index contributed by atoms with van der Waals surface area (Å²) in [4.78, 5) is 2.30. The van der Waals surface area contributed by atoms with Crippen molar-refractivity contribution < 1.29 is 4.42 Å². The summed E-state index contributed by atoms with van der Waals surface area (Å²) in [6, 6.07) is 42.6. The minimum absolute atomic E-state index is 0.732. The van der Waals surface area contributed by atoms with E-state index in [1.54, 1.807) is 0 Å². The number of anilines is 3. The van der Waals surface area contributed by atoms with E-state index in [1.165, 1.54) is 20.2 Å². The highest BCUT2D eigenvalue weighted by Crippen LogP contribution is 2.43. The van der Waals surface area contributed by atoms with Crippen molar-refractivity contribution in [3.63, 3.8) is 0 Å². The van der Waals surface area contributed by atoms with Gasteiger partial charge in [-0.1, -0.05) is 72.2 Å². The van der Waals surface area contributed by atoms with Crippen molar-refractivity contribution in [1.29, 1.82) is 0 Å². The molecule has 0 unspecified atom stereocenters. The van der Waals surface area contributed by atoms with Crippen LogP contribution in [0.15, 0.2) is 126 Å². The highest BCUT2D eigenvalue weighted by molar-refractivity contribution is 7.25. The Kier molecular flexibility index (Phi) is 4.67. The molecule has 0 aliphatic rings.